The molecule has 0 atom stereocenters. The maximum atomic E-state index is 11.7. The van der Waals surface area contributed by atoms with Crippen LogP contribution in [0.4, 0.5) is 11.9 Å². The van der Waals surface area contributed by atoms with Gasteiger partial charge in [-0.3, -0.25) is 4.79 Å². The molecule has 0 aliphatic heterocycles. The van der Waals surface area contributed by atoms with Crippen molar-refractivity contribution in [1.29, 1.82) is 0 Å². The Hall–Kier alpha value is -2.64. The van der Waals surface area contributed by atoms with Gasteiger partial charge in [0.05, 0.1) is 6.26 Å². The first-order chi connectivity index (χ1) is 11.0. The molecule has 2 heterocycles. The number of carbonyl (C=O) groups is 1. The first kappa shape index (κ1) is 16.7. The second kappa shape index (κ2) is 7.57. The molecule has 0 radical (unpaired) electrons. The number of nitrogens with zero attached hydrogens (tertiary/aromatic N) is 4. The van der Waals surface area contributed by atoms with Gasteiger partial charge in [0.2, 0.25) is 11.9 Å². The number of aromatic nitrogens is 3. The van der Waals surface area contributed by atoms with Gasteiger partial charge in [0.15, 0.2) is 5.76 Å². The molecule has 23 heavy (non-hydrogen) atoms. The van der Waals surface area contributed by atoms with Crippen molar-refractivity contribution in [3.63, 3.8) is 0 Å². The Balaban J connectivity index is 1.91. The third-order valence-corrected chi connectivity index (χ3v) is 3.00. The summed E-state index contributed by atoms with van der Waals surface area (Å²) in [5.74, 6) is 2.08. The van der Waals surface area contributed by atoms with E-state index in [1.54, 1.807) is 12.1 Å². The number of hydrogen-bond acceptors (Lipinski definition) is 7. The predicted molar refractivity (Wildman–Crippen MR) is 87.8 cm³/mol. The van der Waals surface area contributed by atoms with Gasteiger partial charge >= 0.3 is 0 Å². The minimum atomic E-state index is -0.246. The monoisotopic (exact) mass is 318 g/mol. The van der Waals surface area contributed by atoms with Crippen LogP contribution in [-0.4, -0.2) is 48.0 Å². The average Bonchev–Trinajstić information content (AvgIpc) is 3.05. The van der Waals surface area contributed by atoms with Crippen LogP contribution >= 0.6 is 0 Å². The van der Waals surface area contributed by atoms with Gasteiger partial charge in [0.25, 0.3) is 5.91 Å². The van der Waals surface area contributed by atoms with Gasteiger partial charge in [0.1, 0.15) is 5.82 Å². The highest BCUT2D eigenvalue weighted by molar-refractivity contribution is 5.91. The summed E-state index contributed by atoms with van der Waals surface area (Å²) < 4.78 is 5.02. The van der Waals surface area contributed by atoms with E-state index in [2.05, 4.69) is 25.6 Å². The Kier molecular flexibility index (Phi) is 5.51. The van der Waals surface area contributed by atoms with Crippen molar-refractivity contribution in [2.24, 2.45) is 0 Å². The van der Waals surface area contributed by atoms with Gasteiger partial charge < -0.3 is 20.0 Å². The van der Waals surface area contributed by atoms with E-state index < -0.39 is 0 Å². The van der Waals surface area contributed by atoms with E-state index in [4.69, 9.17) is 4.42 Å². The number of amides is 1. The molecule has 0 saturated carbocycles. The predicted octanol–water partition coefficient (Wildman–Crippen LogP) is 1.50. The van der Waals surface area contributed by atoms with Crippen LogP contribution in [0.15, 0.2) is 22.8 Å². The summed E-state index contributed by atoms with van der Waals surface area (Å²) in [4.78, 5) is 26.7. The number of carbonyl (C=O) groups excluding carboxylic acids is 1. The normalized spacial score (nSPS) is 10.7. The Morgan fingerprint density at radius 1 is 1.26 bits per heavy atom. The van der Waals surface area contributed by atoms with E-state index in [-0.39, 0.29) is 11.8 Å². The largest absolute Gasteiger partial charge is 0.459 e. The van der Waals surface area contributed by atoms with Crippen molar-refractivity contribution in [3.8, 4) is 0 Å². The lowest BCUT2D eigenvalue weighted by Gasteiger charge is -2.14. The molecule has 0 aliphatic rings. The van der Waals surface area contributed by atoms with E-state index in [1.165, 1.54) is 6.26 Å². The van der Waals surface area contributed by atoms with Crippen LogP contribution in [0.25, 0.3) is 0 Å². The highest BCUT2D eigenvalue weighted by Crippen LogP contribution is 2.14. The zero-order chi connectivity index (χ0) is 16.8. The summed E-state index contributed by atoms with van der Waals surface area (Å²) in [5, 5.41) is 5.85. The molecule has 8 heteroatoms. The van der Waals surface area contributed by atoms with Crippen LogP contribution in [0.1, 0.15) is 36.1 Å². The molecule has 0 unspecified atom stereocenters. The molecule has 0 aliphatic carbocycles. The van der Waals surface area contributed by atoms with Crippen molar-refractivity contribution < 1.29 is 9.21 Å². The SMILES string of the molecule is CC(C)c1nc(NCCNC(=O)c2ccco2)nc(N(C)C)n1. The van der Waals surface area contributed by atoms with Crippen molar-refractivity contribution in [3.05, 3.63) is 30.0 Å². The van der Waals surface area contributed by atoms with Crippen molar-refractivity contribution in [1.82, 2.24) is 20.3 Å². The smallest absolute Gasteiger partial charge is 0.287 e. The molecule has 2 aromatic rings. The summed E-state index contributed by atoms with van der Waals surface area (Å²) in [7, 11) is 3.76. The average molecular weight is 318 g/mol. The first-order valence-electron chi connectivity index (χ1n) is 7.46. The third-order valence-electron chi connectivity index (χ3n) is 3.00. The molecule has 0 bridgehead atoms. The van der Waals surface area contributed by atoms with Crippen LogP contribution in [-0.2, 0) is 0 Å². The molecule has 124 valence electrons. The van der Waals surface area contributed by atoms with Gasteiger partial charge in [-0.1, -0.05) is 13.8 Å². The summed E-state index contributed by atoms with van der Waals surface area (Å²) in [6, 6.07) is 3.29. The van der Waals surface area contributed by atoms with E-state index in [9.17, 15) is 4.79 Å². The van der Waals surface area contributed by atoms with E-state index in [0.29, 0.717) is 30.7 Å². The Morgan fingerprint density at radius 3 is 2.65 bits per heavy atom. The Bertz CT molecular complexity index is 613. The topological polar surface area (TPSA) is 96.2 Å². The lowest BCUT2D eigenvalue weighted by Crippen LogP contribution is -2.29. The molecule has 1 amide bonds. The molecule has 0 saturated heterocycles. The summed E-state index contributed by atoms with van der Waals surface area (Å²) in [6.45, 7) is 4.99. The molecule has 8 nitrogen and oxygen atoms in total. The minimum absolute atomic E-state index is 0.205. The lowest BCUT2D eigenvalue weighted by atomic mass is 10.2. The fourth-order valence-corrected chi connectivity index (χ4v) is 1.76. The number of anilines is 2. The zero-order valence-corrected chi connectivity index (χ0v) is 13.8. The van der Waals surface area contributed by atoms with Gasteiger partial charge in [-0.15, -0.1) is 0 Å². The number of furan rings is 1. The number of rotatable bonds is 7. The fourth-order valence-electron chi connectivity index (χ4n) is 1.76. The van der Waals surface area contributed by atoms with Crippen molar-refractivity contribution in [2.75, 3.05) is 37.4 Å². The van der Waals surface area contributed by atoms with E-state index in [0.717, 1.165) is 5.82 Å². The quantitative estimate of drug-likeness (QED) is 0.747. The molecule has 2 rings (SSSR count). The molecule has 0 aromatic carbocycles. The molecule has 2 N–H and O–H groups in total. The highest BCUT2D eigenvalue weighted by atomic mass is 16.3. The first-order valence-corrected chi connectivity index (χ1v) is 7.46. The lowest BCUT2D eigenvalue weighted by molar-refractivity contribution is 0.0927. The van der Waals surface area contributed by atoms with Gasteiger partial charge in [-0.25, -0.2) is 0 Å². The number of nitrogens with one attached hydrogen (secondary N) is 2. The van der Waals surface area contributed by atoms with E-state index >= 15 is 0 Å². The Morgan fingerprint density at radius 2 is 2.04 bits per heavy atom. The fraction of sp³-hybridized carbons (Fsp3) is 0.467. The molecular weight excluding hydrogens is 296 g/mol. The van der Waals surface area contributed by atoms with Crippen LogP contribution < -0.4 is 15.5 Å². The van der Waals surface area contributed by atoms with Crippen molar-refractivity contribution in [2.45, 2.75) is 19.8 Å². The maximum Gasteiger partial charge on any atom is 0.287 e. The van der Waals surface area contributed by atoms with Crippen LogP contribution in [0.2, 0.25) is 0 Å². The maximum absolute atomic E-state index is 11.7. The summed E-state index contributed by atoms with van der Waals surface area (Å²) >= 11 is 0. The standard InChI is InChI=1S/C15H22N6O2/c1-10(2)12-18-14(20-15(19-12)21(3)4)17-8-7-16-13(22)11-6-5-9-23-11/h5-6,9-10H,7-8H2,1-4H3,(H,16,22)(H,17,18,19,20). The second-order valence-corrected chi connectivity index (χ2v) is 5.53. The minimum Gasteiger partial charge on any atom is -0.459 e. The highest BCUT2D eigenvalue weighted by Gasteiger charge is 2.11. The summed E-state index contributed by atoms with van der Waals surface area (Å²) in [5.41, 5.74) is 0. The summed E-state index contributed by atoms with van der Waals surface area (Å²) in [6.07, 6.45) is 1.47. The van der Waals surface area contributed by atoms with Crippen LogP contribution in [0.5, 0.6) is 0 Å². The van der Waals surface area contributed by atoms with Gasteiger partial charge in [-0.2, -0.15) is 15.0 Å². The van der Waals surface area contributed by atoms with Gasteiger partial charge in [0, 0.05) is 33.1 Å². The Labute approximate surface area is 135 Å². The molecular formula is C15H22N6O2. The van der Waals surface area contributed by atoms with Crippen LogP contribution in [0, 0.1) is 0 Å². The molecule has 0 fully saturated rings. The third kappa shape index (κ3) is 4.67. The molecule has 0 spiro atoms. The van der Waals surface area contributed by atoms with Crippen LogP contribution in [0.3, 0.4) is 0 Å². The van der Waals surface area contributed by atoms with Crippen molar-refractivity contribution >= 4 is 17.8 Å². The molecule has 2 aromatic heterocycles. The second-order valence-electron chi connectivity index (χ2n) is 5.53. The van der Waals surface area contributed by atoms with Gasteiger partial charge in [-0.05, 0) is 12.1 Å². The number of hydrogen-bond donors (Lipinski definition) is 2. The zero-order valence-electron chi connectivity index (χ0n) is 13.8. The van der Waals surface area contributed by atoms with E-state index in [1.807, 2.05) is 32.8 Å².